The molecule has 0 aliphatic carbocycles. The first-order chi connectivity index (χ1) is 10.7. The molecular weight excluding hydrogens is 392 g/mol. The predicted molar refractivity (Wildman–Crippen MR) is 103 cm³/mol. The first kappa shape index (κ1) is 20.7. The van der Waals surface area contributed by atoms with Gasteiger partial charge in [0.2, 0.25) is 0 Å². The maximum absolute atomic E-state index is 12.7. The summed E-state index contributed by atoms with van der Waals surface area (Å²) in [7, 11) is 1.80. The van der Waals surface area contributed by atoms with Gasteiger partial charge >= 0.3 is 0 Å². The zero-order valence-corrected chi connectivity index (χ0v) is 16.8. The van der Waals surface area contributed by atoms with Gasteiger partial charge in [-0.05, 0) is 37.1 Å². The van der Waals surface area contributed by atoms with Crippen LogP contribution >= 0.6 is 28.3 Å². The number of aromatic nitrogens is 2. The van der Waals surface area contributed by atoms with Gasteiger partial charge in [-0.3, -0.25) is 4.79 Å². The molecule has 2 N–H and O–H groups in total. The van der Waals surface area contributed by atoms with Crippen LogP contribution in [0.1, 0.15) is 29.9 Å². The summed E-state index contributed by atoms with van der Waals surface area (Å²) < 4.78 is 2.75. The molecule has 7 heteroatoms. The SMILES string of the molecule is Cc1c(C(=O)N(C)CC(C)(C)CN)cnn1-c1cccc(Br)c1.Cl. The van der Waals surface area contributed by atoms with Crippen molar-refractivity contribution in [3.63, 3.8) is 0 Å². The van der Waals surface area contributed by atoms with Crippen LogP contribution in [0.3, 0.4) is 0 Å². The lowest BCUT2D eigenvalue weighted by Gasteiger charge is -2.29. The van der Waals surface area contributed by atoms with Gasteiger partial charge in [-0.25, -0.2) is 4.68 Å². The Kier molecular flexibility index (Phi) is 7.01. The minimum atomic E-state index is -0.112. The average molecular weight is 416 g/mol. The lowest BCUT2D eigenvalue weighted by atomic mass is 9.93. The molecule has 132 valence electrons. The first-order valence-corrected chi connectivity index (χ1v) is 8.30. The molecule has 1 aromatic carbocycles. The molecule has 0 aliphatic rings. The van der Waals surface area contributed by atoms with Gasteiger partial charge in [0.05, 0.1) is 23.1 Å². The van der Waals surface area contributed by atoms with Gasteiger partial charge in [-0.15, -0.1) is 12.4 Å². The Balaban J connectivity index is 0.00000288. The molecule has 0 spiro atoms. The van der Waals surface area contributed by atoms with E-state index >= 15 is 0 Å². The number of carbonyl (C=O) groups is 1. The maximum Gasteiger partial charge on any atom is 0.257 e. The van der Waals surface area contributed by atoms with E-state index in [2.05, 4.69) is 34.9 Å². The van der Waals surface area contributed by atoms with Crippen LogP contribution < -0.4 is 5.73 Å². The summed E-state index contributed by atoms with van der Waals surface area (Å²) in [6.45, 7) is 7.14. The highest BCUT2D eigenvalue weighted by Gasteiger charge is 2.24. The van der Waals surface area contributed by atoms with Crippen LogP contribution in [0.25, 0.3) is 5.69 Å². The number of nitrogens with zero attached hydrogens (tertiary/aromatic N) is 3. The van der Waals surface area contributed by atoms with Crippen LogP contribution in [0.15, 0.2) is 34.9 Å². The van der Waals surface area contributed by atoms with E-state index in [-0.39, 0.29) is 23.7 Å². The van der Waals surface area contributed by atoms with Gasteiger partial charge in [-0.2, -0.15) is 5.10 Å². The Bertz CT molecular complexity index is 714. The Morgan fingerprint density at radius 2 is 2.08 bits per heavy atom. The molecule has 0 unspecified atom stereocenters. The molecule has 1 heterocycles. The maximum atomic E-state index is 12.7. The summed E-state index contributed by atoms with van der Waals surface area (Å²) >= 11 is 3.46. The second-order valence-corrected chi connectivity index (χ2v) is 7.48. The number of halogens is 2. The fourth-order valence-corrected chi connectivity index (χ4v) is 2.86. The van der Waals surface area contributed by atoms with E-state index in [9.17, 15) is 4.79 Å². The van der Waals surface area contributed by atoms with Gasteiger partial charge < -0.3 is 10.6 Å². The van der Waals surface area contributed by atoms with Crippen LogP contribution in [0.2, 0.25) is 0 Å². The molecule has 0 atom stereocenters. The minimum Gasteiger partial charge on any atom is -0.341 e. The highest BCUT2D eigenvalue weighted by molar-refractivity contribution is 9.10. The lowest BCUT2D eigenvalue weighted by Crippen LogP contribution is -2.39. The van der Waals surface area contributed by atoms with Crippen molar-refractivity contribution in [2.24, 2.45) is 11.1 Å². The van der Waals surface area contributed by atoms with Gasteiger partial charge in [0, 0.05) is 18.1 Å². The third-order valence-electron chi connectivity index (χ3n) is 3.86. The average Bonchev–Trinajstić information content (AvgIpc) is 2.87. The normalized spacial score (nSPS) is 11.1. The predicted octanol–water partition coefficient (Wildman–Crippen LogP) is 3.42. The number of hydrogen-bond donors (Lipinski definition) is 1. The van der Waals surface area contributed by atoms with Crippen molar-refractivity contribution in [3.05, 3.63) is 46.2 Å². The van der Waals surface area contributed by atoms with E-state index in [1.165, 1.54) is 0 Å². The second kappa shape index (κ2) is 8.14. The lowest BCUT2D eigenvalue weighted by molar-refractivity contribution is 0.0740. The fourth-order valence-electron chi connectivity index (χ4n) is 2.47. The zero-order chi connectivity index (χ0) is 17.2. The standard InChI is InChI=1S/C17H23BrN4O.ClH/c1-12-15(16(23)21(4)11-17(2,3)10-19)9-20-22(12)14-7-5-6-13(18)8-14;/h5-9H,10-11,19H2,1-4H3;1H. The van der Waals surface area contributed by atoms with E-state index < -0.39 is 0 Å². The van der Waals surface area contributed by atoms with Crippen molar-refractivity contribution in [2.45, 2.75) is 20.8 Å². The summed E-state index contributed by atoms with van der Waals surface area (Å²) in [6.07, 6.45) is 1.63. The molecule has 0 aliphatic heterocycles. The molecule has 0 saturated heterocycles. The van der Waals surface area contributed by atoms with E-state index in [1.54, 1.807) is 22.8 Å². The Morgan fingerprint density at radius 1 is 1.42 bits per heavy atom. The largest absolute Gasteiger partial charge is 0.341 e. The summed E-state index contributed by atoms with van der Waals surface area (Å²) in [5.41, 5.74) is 8.00. The molecule has 5 nitrogen and oxygen atoms in total. The molecule has 2 aromatic rings. The smallest absolute Gasteiger partial charge is 0.257 e. The molecule has 24 heavy (non-hydrogen) atoms. The van der Waals surface area contributed by atoms with Crippen LogP contribution in [0.5, 0.6) is 0 Å². The van der Waals surface area contributed by atoms with Crippen molar-refractivity contribution < 1.29 is 4.79 Å². The molecule has 0 saturated carbocycles. The van der Waals surface area contributed by atoms with E-state index in [0.29, 0.717) is 18.7 Å². The van der Waals surface area contributed by atoms with Crippen molar-refractivity contribution in [2.75, 3.05) is 20.1 Å². The van der Waals surface area contributed by atoms with Crippen LogP contribution in [-0.4, -0.2) is 40.7 Å². The molecule has 0 bridgehead atoms. The van der Waals surface area contributed by atoms with Gasteiger partial charge in [-0.1, -0.05) is 35.8 Å². The number of nitrogens with two attached hydrogens (primary N) is 1. The molecular formula is C17H24BrClN4O. The Hall–Kier alpha value is -1.37. The fraction of sp³-hybridized carbons (Fsp3) is 0.412. The Labute approximate surface area is 157 Å². The molecule has 0 radical (unpaired) electrons. The van der Waals surface area contributed by atoms with Crippen LogP contribution in [-0.2, 0) is 0 Å². The quantitative estimate of drug-likeness (QED) is 0.814. The van der Waals surface area contributed by atoms with E-state index in [4.69, 9.17) is 5.73 Å². The summed E-state index contributed by atoms with van der Waals surface area (Å²) in [6, 6.07) is 7.82. The van der Waals surface area contributed by atoms with E-state index in [0.717, 1.165) is 15.9 Å². The van der Waals surface area contributed by atoms with Crippen LogP contribution in [0.4, 0.5) is 0 Å². The van der Waals surface area contributed by atoms with E-state index in [1.807, 2.05) is 31.2 Å². The highest BCUT2D eigenvalue weighted by Crippen LogP contribution is 2.20. The summed E-state index contributed by atoms with van der Waals surface area (Å²) in [4.78, 5) is 14.4. The number of amides is 1. The zero-order valence-electron chi connectivity index (χ0n) is 14.4. The molecule has 1 amide bonds. The van der Waals surface area contributed by atoms with Crippen molar-refractivity contribution in [1.82, 2.24) is 14.7 Å². The summed E-state index contributed by atoms with van der Waals surface area (Å²) in [5.74, 6) is -0.0368. The summed E-state index contributed by atoms with van der Waals surface area (Å²) in [5, 5.41) is 4.37. The number of hydrogen-bond acceptors (Lipinski definition) is 3. The van der Waals surface area contributed by atoms with Crippen molar-refractivity contribution in [1.29, 1.82) is 0 Å². The van der Waals surface area contributed by atoms with Gasteiger partial charge in [0.15, 0.2) is 0 Å². The van der Waals surface area contributed by atoms with Crippen LogP contribution in [0, 0.1) is 12.3 Å². The number of rotatable bonds is 5. The van der Waals surface area contributed by atoms with Crippen molar-refractivity contribution >= 4 is 34.2 Å². The monoisotopic (exact) mass is 414 g/mol. The minimum absolute atomic E-state index is 0. The number of benzene rings is 1. The third-order valence-corrected chi connectivity index (χ3v) is 4.35. The third kappa shape index (κ3) is 4.59. The molecule has 1 aromatic heterocycles. The van der Waals surface area contributed by atoms with Gasteiger partial charge in [0.1, 0.15) is 0 Å². The topological polar surface area (TPSA) is 64.2 Å². The second-order valence-electron chi connectivity index (χ2n) is 6.56. The molecule has 2 rings (SSSR count). The van der Waals surface area contributed by atoms with Crippen molar-refractivity contribution in [3.8, 4) is 5.69 Å². The number of carbonyl (C=O) groups excluding carboxylic acids is 1. The Morgan fingerprint density at radius 3 is 2.67 bits per heavy atom. The first-order valence-electron chi connectivity index (χ1n) is 7.51. The molecule has 0 fully saturated rings. The highest BCUT2D eigenvalue weighted by atomic mass is 79.9. The van der Waals surface area contributed by atoms with Gasteiger partial charge in [0.25, 0.3) is 5.91 Å².